The molecule has 0 spiro atoms. The molecule has 0 aliphatic carbocycles. The van der Waals surface area contributed by atoms with Crippen LogP contribution in [0.1, 0.15) is 30.6 Å². The Labute approximate surface area is 176 Å². The van der Waals surface area contributed by atoms with Crippen molar-refractivity contribution in [3.05, 3.63) is 53.1 Å². The van der Waals surface area contributed by atoms with Crippen LogP contribution in [0.25, 0.3) is 0 Å². The van der Waals surface area contributed by atoms with Gasteiger partial charge in [-0.25, -0.2) is 0 Å². The van der Waals surface area contributed by atoms with E-state index in [4.69, 9.17) is 16.3 Å². The van der Waals surface area contributed by atoms with Gasteiger partial charge in [-0.05, 0) is 36.8 Å². The number of carbonyl (C=O) groups excluding carboxylic acids is 2. The predicted molar refractivity (Wildman–Crippen MR) is 116 cm³/mol. The quantitative estimate of drug-likeness (QED) is 0.773. The average molecular weight is 416 g/mol. The molecule has 2 aromatic carbocycles. The fraction of sp³-hybridized carbons (Fsp3) is 0.364. The summed E-state index contributed by atoms with van der Waals surface area (Å²) < 4.78 is 5.62. The Kier molecular flexibility index (Phi) is 6.99. The summed E-state index contributed by atoms with van der Waals surface area (Å²) in [4.78, 5) is 28.4. The van der Waals surface area contributed by atoms with Crippen molar-refractivity contribution >= 4 is 34.8 Å². The number of anilines is 2. The van der Waals surface area contributed by atoms with Crippen LogP contribution in [0.15, 0.2) is 42.5 Å². The lowest BCUT2D eigenvalue weighted by atomic mass is 10.1. The molecule has 7 heteroatoms. The smallest absolute Gasteiger partial charge is 0.255 e. The molecule has 154 valence electrons. The van der Waals surface area contributed by atoms with Gasteiger partial charge in [-0.3, -0.25) is 9.59 Å². The van der Waals surface area contributed by atoms with Gasteiger partial charge >= 0.3 is 0 Å². The molecule has 1 aliphatic rings. The molecule has 0 bridgehead atoms. The van der Waals surface area contributed by atoms with Crippen molar-refractivity contribution in [2.24, 2.45) is 0 Å². The van der Waals surface area contributed by atoms with Gasteiger partial charge in [0.25, 0.3) is 5.91 Å². The van der Waals surface area contributed by atoms with Gasteiger partial charge in [-0.15, -0.1) is 0 Å². The maximum atomic E-state index is 12.8. The van der Waals surface area contributed by atoms with E-state index in [0.717, 1.165) is 12.1 Å². The lowest BCUT2D eigenvalue weighted by Crippen LogP contribution is -2.48. The van der Waals surface area contributed by atoms with Crippen molar-refractivity contribution in [1.29, 1.82) is 0 Å². The molecule has 29 heavy (non-hydrogen) atoms. The third-order valence-corrected chi connectivity index (χ3v) is 5.15. The zero-order chi connectivity index (χ0) is 20.8. The summed E-state index contributed by atoms with van der Waals surface area (Å²) in [5.74, 6) is 0.520. The third kappa shape index (κ3) is 5.21. The van der Waals surface area contributed by atoms with Crippen LogP contribution in [-0.2, 0) is 4.79 Å². The van der Waals surface area contributed by atoms with Gasteiger partial charge in [-0.1, -0.05) is 30.7 Å². The van der Waals surface area contributed by atoms with E-state index < -0.39 is 0 Å². The Balaban J connectivity index is 1.77. The highest BCUT2D eigenvalue weighted by Gasteiger charge is 2.23. The van der Waals surface area contributed by atoms with E-state index in [1.807, 2.05) is 36.1 Å². The molecule has 2 aromatic rings. The minimum Gasteiger partial charge on any atom is -0.494 e. The van der Waals surface area contributed by atoms with Crippen molar-refractivity contribution in [3.63, 3.8) is 0 Å². The molecule has 2 amide bonds. The van der Waals surface area contributed by atoms with Crippen LogP contribution in [0.4, 0.5) is 11.4 Å². The molecule has 0 radical (unpaired) electrons. The number of hydrogen-bond acceptors (Lipinski definition) is 4. The van der Waals surface area contributed by atoms with E-state index in [9.17, 15) is 9.59 Å². The van der Waals surface area contributed by atoms with E-state index in [0.29, 0.717) is 54.8 Å². The number of nitrogens with one attached hydrogen (secondary N) is 1. The lowest BCUT2D eigenvalue weighted by Gasteiger charge is -2.37. The number of rotatable bonds is 6. The van der Waals surface area contributed by atoms with Crippen molar-refractivity contribution < 1.29 is 14.3 Å². The summed E-state index contributed by atoms with van der Waals surface area (Å²) in [6, 6.07) is 12.6. The second-order valence-corrected chi connectivity index (χ2v) is 7.37. The van der Waals surface area contributed by atoms with Crippen LogP contribution < -0.4 is 15.0 Å². The van der Waals surface area contributed by atoms with E-state index in [-0.39, 0.29) is 11.8 Å². The Morgan fingerprint density at radius 3 is 2.52 bits per heavy atom. The van der Waals surface area contributed by atoms with Gasteiger partial charge in [0.1, 0.15) is 5.75 Å². The molecule has 0 atom stereocenters. The maximum absolute atomic E-state index is 12.8. The number of nitrogens with zero attached hydrogens (tertiary/aromatic N) is 2. The standard InChI is InChI=1S/C22H26ClN3O3/c1-3-14-29-18-7-4-6-17(15-18)22(28)24-20-9-5-8-19(23)21(20)26-12-10-25(11-13-26)16(2)27/h4-9,15H,3,10-14H2,1-2H3,(H,24,28). The van der Waals surface area contributed by atoms with Gasteiger partial charge in [0.15, 0.2) is 0 Å². The van der Waals surface area contributed by atoms with Crippen LogP contribution in [-0.4, -0.2) is 49.5 Å². The summed E-state index contributed by atoms with van der Waals surface area (Å²) in [5, 5.41) is 3.55. The number of ether oxygens (including phenoxy) is 1. The molecule has 6 nitrogen and oxygen atoms in total. The fourth-order valence-corrected chi connectivity index (χ4v) is 3.62. The van der Waals surface area contributed by atoms with Crippen LogP contribution in [0.3, 0.4) is 0 Å². The number of benzene rings is 2. The highest BCUT2D eigenvalue weighted by atomic mass is 35.5. The molecule has 3 rings (SSSR count). The first-order chi connectivity index (χ1) is 14.0. The topological polar surface area (TPSA) is 61.9 Å². The summed E-state index contributed by atoms with van der Waals surface area (Å²) in [6.45, 7) is 6.80. The van der Waals surface area contributed by atoms with Gasteiger partial charge < -0.3 is 19.9 Å². The van der Waals surface area contributed by atoms with Crippen LogP contribution in [0.2, 0.25) is 5.02 Å². The van der Waals surface area contributed by atoms with Crippen LogP contribution in [0, 0.1) is 0 Å². The normalized spacial score (nSPS) is 13.9. The number of piperazine rings is 1. The molecular weight excluding hydrogens is 390 g/mol. The van der Waals surface area contributed by atoms with E-state index in [1.54, 1.807) is 25.1 Å². The first-order valence-corrected chi connectivity index (χ1v) is 10.2. The summed E-state index contributed by atoms with van der Waals surface area (Å²) >= 11 is 6.48. The number of hydrogen-bond donors (Lipinski definition) is 1. The molecule has 0 saturated carbocycles. The largest absolute Gasteiger partial charge is 0.494 e. The zero-order valence-electron chi connectivity index (χ0n) is 16.8. The molecule has 1 fully saturated rings. The van der Waals surface area contributed by atoms with E-state index in [1.165, 1.54) is 0 Å². The number of amides is 2. The molecule has 1 heterocycles. The molecule has 1 N–H and O–H groups in total. The molecule has 0 unspecified atom stereocenters. The van der Waals surface area contributed by atoms with Crippen molar-refractivity contribution in [2.45, 2.75) is 20.3 Å². The highest BCUT2D eigenvalue weighted by molar-refractivity contribution is 6.34. The SMILES string of the molecule is CCCOc1cccc(C(=O)Nc2cccc(Cl)c2N2CCN(C(C)=O)CC2)c1. The molecule has 1 saturated heterocycles. The second kappa shape index (κ2) is 9.65. The predicted octanol–water partition coefficient (Wildman–Crippen LogP) is 4.05. The van der Waals surface area contributed by atoms with Crippen molar-refractivity contribution in [1.82, 2.24) is 4.90 Å². The molecule has 0 aromatic heterocycles. The Hall–Kier alpha value is -2.73. The lowest BCUT2D eigenvalue weighted by molar-refractivity contribution is -0.129. The first kappa shape index (κ1) is 21.0. The molecule has 1 aliphatic heterocycles. The van der Waals surface area contributed by atoms with Gasteiger partial charge in [-0.2, -0.15) is 0 Å². The fourth-order valence-electron chi connectivity index (χ4n) is 3.32. The first-order valence-electron chi connectivity index (χ1n) is 9.82. The van der Waals surface area contributed by atoms with Crippen molar-refractivity contribution in [3.8, 4) is 5.75 Å². The van der Waals surface area contributed by atoms with Crippen molar-refractivity contribution in [2.75, 3.05) is 43.0 Å². The summed E-state index contributed by atoms with van der Waals surface area (Å²) in [5.41, 5.74) is 1.95. The Morgan fingerprint density at radius 2 is 1.83 bits per heavy atom. The summed E-state index contributed by atoms with van der Waals surface area (Å²) in [7, 11) is 0. The Bertz CT molecular complexity index is 879. The average Bonchev–Trinajstić information content (AvgIpc) is 2.72. The minimum atomic E-state index is -0.224. The minimum absolute atomic E-state index is 0.0718. The van der Waals surface area contributed by atoms with E-state index >= 15 is 0 Å². The van der Waals surface area contributed by atoms with E-state index in [2.05, 4.69) is 10.2 Å². The Morgan fingerprint density at radius 1 is 1.10 bits per heavy atom. The third-order valence-electron chi connectivity index (χ3n) is 4.85. The summed E-state index contributed by atoms with van der Waals surface area (Å²) in [6.07, 6.45) is 0.902. The van der Waals surface area contributed by atoms with Gasteiger partial charge in [0, 0.05) is 38.7 Å². The highest BCUT2D eigenvalue weighted by Crippen LogP contribution is 2.35. The zero-order valence-corrected chi connectivity index (χ0v) is 17.5. The number of halogens is 1. The van der Waals surface area contributed by atoms with Gasteiger partial charge in [0.2, 0.25) is 5.91 Å². The monoisotopic (exact) mass is 415 g/mol. The van der Waals surface area contributed by atoms with Crippen LogP contribution in [0.5, 0.6) is 5.75 Å². The number of carbonyl (C=O) groups is 2. The maximum Gasteiger partial charge on any atom is 0.255 e. The molecular formula is C22H26ClN3O3. The second-order valence-electron chi connectivity index (χ2n) is 6.96. The van der Waals surface area contributed by atoms with Crippen LogP contribution >= 0.6 is 11.6 Å². The van der Waals surface area contributed by atoms with Gasteiger partial charge in [0.05, 0.1) is 23.0 Å². The number of para-hydroxylation sites is 1.